The first-order valence-electron chi connectivity index (χ1n) is 11.3. The largest absolute Gasteiger partial charge is 0.507 e. The minimum Gasteiger partial charge on any atom is -0.507 e. The molecule has 1 amide bonds. The average molecular weight is 509 g/mol. The summed E-state index contributed by atoms with van der Waals surface area (Å²) in [7, 11) is 1.24. The van der Waals surface area contributed by atoms with Crippen molar-refractivity contribution in [3.8, 4) is 0 Å². The molecule has 9 heteroatoms. The molecule has 0 spiro atoms. The second kappa shape index (κ2) is 9.66. The maximum Gasteiger partial charge on any atom is 0.350 e. The number of amides is 1. The molecule has 2 heterocycles. The number of hydrogen-bond donors (Lipinski definition) is 1. The van der Waals surface area contributed by atoms with E-state index in [-0.39, 0.29) is 27.1 Å². The zero-order valence-corrected chi connectivity index (χ0v) is 21.3. The number of benzene rings is 2. The molecule has 1 atom stereocenters. The van der Waals surface area contributed by atoms with Gasteiger partial charge in [-0.25, -0.2) is 14.2 Å². The summed E-state index contributed by atoms with van der Waals surface area (Å²) in [5.41, 5.74) is 2.22. The lowest BCUT2D eigenvalue weighted by Crippen LogP contribution is -2.29. The van der Waals surface area contributed by atoms with E-state index in [1.807, 2.05) is 26.0 Å². The van der Waals surface area contributed by atoms with Crippen LogP contribution in [0.2, 0.25) is 0 Å². The van der Waals surface area contributed by atoms with Gasteiger partial charge in [0.25, 0.3) is 5.78 Å². The van der Waals surface area contributed by atoms with E-state index in [0.717, 1.165) is 23.0 Å². The number of aliphatic hydroxyl groups excluding tert-OH is 1. The van der Waals surface area contributed by atoms with Gasteiger partial charge in [0.2, 0.25) is 0 Å². The fourth-order valence-electron chi connectivity index (χ4n) is 4.07. The van der Waals surface area contributed by atoms with Crippen LogP contribution in [-0.4, -0.2) is 34.9 Å². The number of aliphatic hydroxyl groups is 1. The molecular weight excluding hydrogens is 483 g/mol. The Hall–Kier alpha value is -3.85. The van der Waals surface area contributed by atoms with Gasteiger partial charge in [0, 0.05) is 5.56 Å². The summed E-state index contributed by atoms with van der Waals surface area (Å²) >= 11 is 0.919. The number of aryl methyl sites for hydroxylation is 2. The van der Waals surface area contributed by atoms with Gasteiger partial charge >= 0.3 is 11.9 Å². The third-order valence-electron chi connectivity index (χ3n) is 6.17. The highest BCUT2D eigenvalue weighted by molar-refractivity contribution is 7.17. The number of aromatic nitrogens is 1. The average Bonchev–Trinajstić information content (AvgIpc) is 3.36. The predicted octanol–water partition coefficient (Wildman–Crippen LogP) is 5.44. The number of esters is 1. The van der Waals surface area contributed by atoms with Crippen molar-refractivity contribution in [1.29, 1.82) is 0 Å². The number of anilines is 1. The quantitative estimate of drug-likeness (QED) is 0.214. The molecule has 4 rings (SSSR count). The monoisotopic (exact) mass is 508 g/mol. The van der Waals surface area contributed by atoms with E-state index in [0.29, 0.717) is 16.8 Å². The Balaban J connectivity index is 1.94. The van der Waals surface area contributed by atoms with Crippen molar-refractivity contribution in [2.24, 2.45) is 0 Å². The van der Waals surface area contributed by atoms with Crippen molar-refractivity contribution >= 4 is 39.9 Å². The minimum atomic E-state index is -1.04. The number of hydrogen-bond acceptors (Lipinski definition) is 7. The third-order valence-corrected chi connectivity index (χ3v) is 7.31. The minimum absolute atomic E-state index is 0.0745. The number of halogens is 1. The number of thiazole rings is 1. The number of carbonyl (C=O) groups is 3. The lowest BCUT2D eigenvalue weighted by molar-refractivity contribution is -0.132. The molecule has 7 nitrogen and oxygen atoms in total. The summed E-state index contributed by atoms with van der Waals surface area (Å²) in [6.45, 7) is 7.27. The van der Waals surface area contributed by atoms with E-state index < -0.39 is 35.3 Å². The summed E-state index contributed by atoms with van der Waals surface area (Å²) in [5.74, 6) is -3.24. The molecule has 0 saturated carbocycles. The molecule has 1 N–H and O–H groups in total. The van der Waals surface area contributed by atoms with Gasteiger partial charge in [0.15, 0.2) is 5.13 Å². The van der Waals surface area contributed by atoms with Crippen LogP contribution in [-0.2, 0) is 14.3 Å². The SMILES string of the molecule is COC(=O)c1sc(N2C(=O)C(=O)C(=C(O)c3ccc(C)c(F)c3)C2c2ccc(C(C)C)cc2)nc1C. The van der Waals surface area contributed by atoms with E-state index in [4.69, 9.17) is 4.74 Å². The van der Waals surface area contributed by atoms with Gasteiger partial charge in [-0.2, -0.15) is 0 Å². The van der Waals surface area contributed by atoms with Crippen molar-refractivity contribution in [3.63, 3.8) is 0 Å². The molecule has 0 aliphatic carbocycles. The number of methoxy groups -OCH3 is 1. The summed E-state index contributed by atoms with van der Waals surface area (Å²) in [4.78, 5) is 44.5. The Labute approximate surface area is 211 Å². The van der Waals surface area contributed by atoms with Gasteiger partial charge in [-0.15, -0.1) is 0 Å². The van der Waals surface area contributed by atoms with Crippen LogP contribution in [0.1, 0.15) is 63.4 Å². The maximum atomic E-state index is 14.3. The first-order valence-corrected chi connectivity index (χ1v) is 12.1. The second-order valence-electron chi connectivity index (χ2n) is 8.86. The summed E-state index contributed by atoms with van der Waals surface area (Å²) in [5, 5.41) is 11.3. The molecular formula is C27H25FN2O5S. The van der Waals surface area contributed by atoms with Crippen LogP contribution in [0.3, 0.4) is 0 Å². The Morgan fingerprint density at radius 2 is 1.81 bits per heavy atom. The first-order chi connectivity index (χ1) is 17.0. The van der Waals surface area contributed by atoms with E-state index in [2.05, 4.69) is 4.98 Å². The number of Topliss-reactive ketones (excluding diaryl/α,β-unsaturated/α-hetero) is 1. The summed E-state index contributed by atoms with van der Waals surface area (Å²) in [6, 6.07) is 10.4. The number of nitrogens with zero attached hydrogens (tertiary/aromatic N) is 2. The number of carbonyl (C=O) groups excluding carboxylic acids is 3. The smallest absolute Gasteiger partial charge is 0.350 e. The van der Waals surface area contributed by atoms with Gasteiger partial charge in [0.05, 0.1) is 24.4 Å². The van der Waals surface area contributed by atoms with Crippen molar-refractivity contribution in [1.82, 2.24) is 4.98 Å². The van der Waals surface area contributed by atoms with Crippen LogP contribution in [0.5, 0.6) is 0 Å². The maximum absolute atomic E-state index is 14.3. The molecule has 1 saturated heterocycles. The van der Waals surface area contributed by atoms with Crippen LogP contribution in [0.4, 0.5) is 9.52 Å². The molecule has 0 radical (unpaired) electrons. The highest BCUT2D eigenvalue weighted by Gasteiger charge is 2.48. The molecule has 1 aliphatic rings. The Morgan fingerprint density at radius 3 is 2.39 bits per heavy atom. The molecule has 1 fully saturated rings. The molecule has 1 aromatic heterocycles. The van der Waals surface area contributed by atoms with Crippen molar-refractivity contribution < 1.29 is 28.6 Å². The third kappa shape index (κ3) is 4.30. The normalized spacial score (nSPS) is 17.2. The molecule has 1 aliphatic heterocycles. The van der Waals surface area contributed by atoms with Gasteiger partial charge in [-0.05, 0) is 42.5 Å². The molecule has 0 bridgehead atoms. The van der Waals surface area contributed by atoms with Crippen LogP contribution in [0.25, 0.3) is 5.76 Å². The molecule has 186 valence electrons. The van der Waals surface area contributed by atoms with Crippen molar-refractivity contribution in [3.05, 3.63) is 86.7 Å². The van der Waals surface area contributed by atoms with Crippen LogP contribution < -0.4 is 4.90 Å². The highest BCUT2D eigenvalue weighted by atomic mass is 32.1. The topological polar surface area (TPSA) is 96.8 Å². The number of ether oxygens (including phenoxy) is 1. The van der Waals surface area contributed by atoms with Gasteiger partial charge in [-0.3, -0.25) is 14.5 Å². The van der Waals surface area contributed by atoms with Crippen LogP contribution >= 0.6 is 11.3 Å². The standard InChI is InChI=1S/C27H25FN2O5S/c1-13(2)16-8-10-17(11-9-16)21-20(22(31)18-7-6-14(3)19(28)12-18)23(32)25(33)30(21)27-29-15(4)24(36-27)26(34)35-5/h6-13,21,31H,1-5H3. The summed E-state index contributed by atoms with van der Waals surface area (Å²) in [6.07, 6.45) is 0. The van der Waals surface area contributed by atoms with E-state index in [9.17, 15) is 23.9 Å². The molecule has 2 aromatic carbocycles. The van der Waals surface area contributed by atoms with Crippen LogP contribution in [0.15, 0.2) is 48.0 Å². The van der Waals surface area contributed by atoms with Crippen molar-refractivity contribution in [2.45, 2.75) is 39.7 Å². The Bertz CT molecular complexity index is 1410. The fraction of sp³-hybridized carbons (Fsp3) is 0.259. The van der Waals surface area contributed by atoms with E-state index in [1.54, 1.807) is 26.0 Å². The van der Waals surface area contributed by atoms with E-state index in [1.165, 1.54) is 24.1 Å². The summed E-state index contributed by atoms with van der Waals surface area (Å²) < 4.78 is 19.1. The Kier molecular flexibility index (Phi) is 6.77. The lowest BCUT2D eigenvalue weighted by atomic mass is 9.93. The molecule has 36 heavy (non-hydrogen) atoms. The number of ketones is 1. The van der Waals surface area contributed by atoms with Gasteiger partial charge < -0.3 is 9.84 Å². The van der Waals surface area contributed by atoms with Gasteiger partial charge in [0.1, 0.15) is 16.5 Å². The first kappa shape index (κ1) is 25.2. The Morgan fingerprint density at radius 1 is 1.14 bits per heavy atom. The zero-order valence-electron chi connectivity index (χ0n) is 20.5. The van der Waals surface area contributed by atoms with Crippen molar-refractivity contribution in [2.75, 3.05) is 12.0 Å². The van der Waals surface area contributed by atoms with E-state index >= 15 is 0 Å². The predicted molar refractivity (Wildman–Crippen MR) is 135 cm³/mol. The fourth-order valence-corrected chi connectivity index (χ4v) is 5.08. The molecule has 1 unspecified atom stereocenters. The molecule has 3 aromatic rings. The second-order valence-corrected chi connectivity index (χ2v) is 9.83. The highest BCUT2D eigenvalue weighted by Crippen LogP contribution is 2.44. The van der Waals surface area contributed by atoms with Gasteiger partial charge in [-0.1, -0.05) is 61.6 Å². The lowest BCUT2D eigenvalue weighted by Gasteiger charge is -2.23. The number of rotatable bonds is 5. The van der Waals surface area contributed by atoms with Crippen LogP contribution in [0, 0.1) is 19.7 Å². The zero-order chi connectivity index (χ0) is 26.3.